The van der Waals surface area contributed by atoms with E-state index in [4.69, 9.17) is 72.1 Å². The molecule has 8 rings (SSSR count). The van der Waals surface area contributed by atoms with Crippen molar-refractivity contribution in [3.63, 3.8) is 0 Å². The molecule has 8 heterocycles. The number of nitrogens with one attached hydrogen (secondary N) is 2. The summed E-state index contributed by atoms with van der Waals surface area (Å²) in [7, 11) is 0. The number of oxime groups is 1. The SMILES string of the molecule is N#Cc1ccc(Nc2nnc(-c3ccc(Cl)cn3)o2)cn1.N/C(=N/O)c1ccc(Nc2nnc(-c3ccc(Cl)cn3)o2)cn1.NCC(=O)c1ccc(Cl)cn1.[C-]#[N+]c1ccc(N=C=S)cn1. The molecule has 0 saturated heterocycles. The number of Topliss-reactive ketones (excluding diaryl/α,β-unsaturated/α-hetero) is 1. The molecule has 8 aromatic rings. The molecular formula is C40H27Cl3N18O4S. The number of anilines is 4. The van der Waals surface area contributed by atoms with Crippen LogP contribution in [-0.2, 0) is 0 Å². The van der Waals surface area contributed by atoms with Gasteiger partial charge in [0, 0.05) is 18.6 Å². The minimum atomic E-state index is -0.179. The van der Waals surface area contributed by atoms with Gasteiger partial charge in [0.2, 0.25) is 0 Å². The van der Waals surface area contributed by atoms with Crippen molar-refractivity contribution >= 4 is 98.7 Å². The van der Waals surface area contributed by atoms with E-state index in [0.29, 0.717) is 66.4 Å². The number of amidine groups is 1. The van der Waals surface area contributed by atoms with Gasteiger partial charge in [-0.15, -0.1) is 15.2 Å². The molecular weight excluding hydrogens is 935 g/mol. The van der Waals surface area contributed by atoms with Gasteiger partial charge in [0.15, 0.2) is 11.6 Å². The largest absolute Gasteiger partial charge is 0.409 e. The Morgan fingerprint density at radius 2 is 1.27 bits per heavy atom. The Morgan fingerprint density at radius 3 is 1.68 bits per heavy atom. The van der Waals surface area contributed by atoms with E-state index in [1.807, 2.05) is 6.07 Å². The first-order valence-electron chi connectivity index (χ1n) is 18.0. The fourth-order valence-electron chi connectivity index (χ4n) is 4.42. The van der Waals surface area contributed by atoms with Crippen LogP contribution in [-0.4, -0.2) is 78.8 Å². The molecule has 22 nitrogen and oxygen atoms in total. The van der Waals surface area contributed by atoms with Crippen LogP contribution in [0.25, 0.3) is 28.0 Å². The first kappa shape index (κ1) is 48.4. The summed E-state index contributed by atoms with van der Waals surface area (Å²) in [4.78, 5) is 41.4. The fourth-order valence-corrected chi connectivity index (χ4v) is 4.86. The third-order valence-electron chi connectivity index (χ3n) is 7.48. The lowest BCUT2D eigenvalue weighted by atomic mass is 10.2. The lowest BCUT2D eigenvalue weighted by Gasteiger charge is -2.02. The number of isothiocyanates is 1. The highest BCUT2D eigenvalue weighted by Gasteiger charge is 2.12. The van der Waals surface area contributed by atoms with E-state index < -0.39 is 0 Å². The van der Waals surface area contributed by atoms with Crippen LogP contribution in [0.5, 0.6) is 0 Å². The molecule has 0 spiro atoms. The van der Waals surface area contributed by atoms with Crippen molar-refractivity contribution in [2.24, 2.45) is 21.6 Å². The quantitative estimate of drug-likeness (QED) is 0.0164. The first-order chi connectivity index (χ1) is 32.0. The molecule has 328 valence electrons. The van der Waals surface area contributed by atoms with Crippen LogP contribution in [0.2, 0.25) is 15.1 Å². The number of nitrogens with two attached hydrogens (primary N) is 2. The maximum Gasteiger partial charge on any atom is 0.320 e. The lowest BCUT2D eigenvalue weighted by Crippen LogP contribution is -2.14. The number of carbonyl (C=O) groups excluding carboxylic acids is 1. The number of rotatable bonds is 10. The van der Waals surface area contributed by atoms with E-state index in [-0.39, 0.29) is 42.0 Å². The molecule has 26 heteroatoms. The summed E-state index contributed by atoms with van der Waals surface area (Å²) < 4.78 is 10.9. The molecule has 0 unspecified atom stereocenters. The third kappa shape index (κ3) is 15.0. The highest BCUT2D eigenvalue weighted by atomic mass is 35.5. The number of hydrogen-bond acceptors (Lipinski definition) is 21. The minimum Gasteiger partial charge on any atom is -0.409 e. The van der Waals surface area contributed by atoms with E-state index in [0.717, 1.165) is 0 Å². The molecule has 0 radical (unpaired) electrons. The van der Waals surface area contributed by atoms with Gasteiger partial charge in [-0.2, -0.15) is 10.3 Å². The molecule has 0 aliphatic carbocycles. The number of carbonyl (C=O) groups is 1. The van der Waals surface area contributed by atoms with Crippen LogP contribution < -0.4 is 22.1 Å². The maximum atomic E-state index is 10.9. The fraction of sp³-hybridized carbons (Fsp3) is 0.0250. The van der Waals surface area contributed by atoms with Crippen molar-refractivity contribution in [3.8, 4) is 29.2 Å². The van der Waals surface area contributed by atoms with Gasteiger partial charge in [-0.1, -0.05) is 56.7 Å². The van der Waals surface area contributed by atoms with Gasteiger partial charge >= 0.3 is 12.0 Å². The predicted octanol–water partition coefficient (Wildman–Crippen LogP) is 8.06. The zero-order valence-corrected chi connectivity index (χ0v) is 36.3. The molecule has 0 aliphatic rings. The van der Waals surface area contributed by atoms with Crippen molar-refractivity contribution < 1.29 is 18.8 Å². The Hall–Kier alpha value is -8.67. The minimum absolute atomic E-state index is 0.0192. The molecule has 0 fully saturated rings. The van der Waals surface area contributed by atoms with Gasteiger partial charge in [-0.05, 0) is 85.0 Å². The number of ketones is 1. The van der Waals surface area contributed by atoms with Crippen molar-refractivity contribution in [2.75, 3.05) is 17.2 Å². The number of pyridine rings is 6. The zero-order chi connectivity index (χ0) is 47.3. The van der Waals surface area contributed by atoms with Gasteiger partial charge in [-0.25, -0.2) is 15.0 Å². The number of hydrogen-bond donors (Lipinski definition) is 5. The van der Waals surface area contributed by atoms with Crippen LogP contribution in [0.3, 0.4) is 0 Å². The van der Waals surface area contributed by atoms with Crippen LogP contribution in [0.15, 0.2) is 129 Å². The topological polar surface area (TPSA) is 321 Å². The number of halogens is 3. The Bertz CT molecular complexity index is 2990. The van der Waals surface area contributed by atoms with Crippen LogP contribution in [0.4, 0.5) is 34.9 Å². The number of aliphatic imine (C=N–C) groups is 1. The summed E-state index contributed by atoms with van der Waals surface area (Å²) in [6, 6.07) is 22.0. The summed E-state index contributed by atoms with van der Waals surface area (Å²) in [6.07, 6.45) is 8.88. The lowest BCUT2D eigenvalue weighted by molar-refractivity contribution is 0.0996. The Kier molecular flexibility index (Phi) is 18.2. The second kappa shape index (κ2) is 24.8. The Morgan fingerprint density at radius 1 is 0.727 bits per heavy atom. The number of nitriles is 1. The maximum absolute atomic E-state index is 10.9. The summed E-state index contributed by atoms with van der Waals surface area (Å²) in [5, 5.41) is 45.2. The standard InChI is InChI=1S/C13H10ClN7O2.C13H7ClN6O.C7H7ClN2O.C7H3N3S/c14-7-1-3-10(16-5-7)12-19-20-13(23-12)18-8-2-4-9(17-6-8)11(15)21-22;14-8-1-4-11(17-6-8)12-19-20-13(21-12)18-10-3-2-9(5-15)16-7-10;8-5-1-2-6(10-4-5)7(11)3-9;1-8-7-3-2-6(4-9-7)10-5-11/h1-6,22H,(H2,15,21)(H,18,20);1-4,6-7H,(H,18,20);1-2,4H,3,9H2;2-4H. The average molecular weight is 962 g/mol. The van der Waals surface area contributed by atoms with E-state index in [1.165, 1.54) is 37.2 Å². The molecule has 66 heavy (non-hydrogen) atoms. The summed E-state index contributed by atoms with van der Waals surface area (Å²) in [6.45, 7) is 6.59. The van der Waals surface area contributed by atoms with Crippen molar-refractivity contribution in [1.82, 2.24) is 50.3 Å². The highest BCUT2D eigenvalue weighted by Crippen LogP contribution is 2.23. The van der Waals surface area contributed by atoms with E-state index in [9.17, 15) is 4.79 Å². The zero-order valence-electron chi connectivity index (χ0n) is 33.2. The van der Waals surface area contributed by atoms with Crippen LogP contribution in [0.1, 0.15) is 21.9 Å². The summed E-state index contributed by atoms with van der Waals surface area (Å²) >= 11 is 21.5. The van der Waals surface area contributed by atoms with E-state index in [2.05, 4.69) is 93.3 Å². The molecule has 0 saturated carbocycles. The second-order valence-electron chi connectivity index (χ2n) is 11.9. The molecule has 0 atom stereocenters. The molecule has 0 bridgehead atoms. The number of thiocarbonyl (C=S) groups is 1. The molecule has 0 aromatic carbocycles. The van der Waals surface area contributed by atoms with Gasteiger partial charge < -0.3 is 41.0 Å². The van der Waals surface area contributed by atoms with Gasteiger partial charge in [-0.3, -0.25) is 14.8 Å². The molecule has 0 aliphatic heterocycles. The third-order valence-corrected chi connectivity index (χ3v) is 8.24. The first-order valence-corrected chi connectivity index (χ1v) is 19.6. The van der Waals surface area contributed by atoms with Crippen molar-refractivity contribution in [1.29, 1.82) is 5.26 Å². The monoisotopic (exact) mass is 960 g/mol. The second-order valence-corrected chi connectivity index (χ2v) is 13.4. The van der Waals surface area contributed by atoms with E-state index >= 15 is 0 Å². The van der Waals surface area contributed by atoms with Gasteiger partial charge in [0.05, 0.1) is 50.5 Å². The Balaban J connectivity index is 0.000000174. The predicted molar refractivity (Wildman–Crippen MR) is 245 cm³/mol. The normalized spacial score (nSPS) is 10.1. The summed E-state index contributed by atoms with van der Waals surface area (Å²) in [5.74, 6) is 0.626. The smallest absolute Gasteiger partial charge is 0.320 e. The van der Waals surface area contributed by atoms with Crippen molar-refractivity contribution in [2.45, 2.75) is 0 Å². The van der Waals surface area contributed by atoms with Crippen molar-refractivity contribution in [3.05, 3.63) is 154 Å². The van der Waals surface area contributed by atoms with E-state index in [1.54, 1.807) is 72.8 Å². The average Bonchev–Trinajstić information content (AvgIpc) is 4.03. The molecule has 7 N–H and O–H groups in total. The molecule has 8 aromatic heterocycles. The number of nitrogens with zero attached hydrogens (tertiary/aromatic N) is 14. The molecule has 0 amide bonds. The van der Waals surface area contributed by atoms with Gasteiger partial charge in [0.25, 0.3) is 17.6 Å². The Labute approximate surface area is 393 Å². The van der Waals surface area contributed by atoms with Gasteiger partial charge in [0.1, 0.15) is 46.4 Å². The van der Waals surface area contributed by atoms with Crippen LogP contribution in [0, 0.1) is 17.9 Å². The van der Waals surface area contributed by atoms with Crippen LogP contribution >= 0.6 is 47.0 Å². The summed E-state index contributed by atoms with van der Waals surface area (Å²) in [5.41, 5.74) is 14.5. The number of aromatic nitrogens is 10. The highest BCUT2D eigenvalue weighted by molar-refractivity contribution is 7.78.